The fourth-order valence-electron chi connectivity index (χ4n) is 2.60. The van der Waals surface area contributed by atoms with Crippen molar-refractivity contribution in [2.75, 3.05) is 18.0 Å². The summed E-state index contributed by atoms with van der Waals surface area (Å²) in [6.45, 7) is 2.38. The van der Waals surface area contributed by atoms with Gasteiger partial charge in [0.1, 0.15) is 5.15 Å². The van der Waals surface area contributed by atoms with E-state index in [2.05, 4.69) is 16.0 Å². The SMILES string of the molecule is Clc1cc(N2CCCC3(CC3)C2)ccn1. The number of pyridine rings is 1. The summed E-state index contributed by atoms with van der Waals surface area (Å²) < 4.78 is 0. The van der Waals surface area contributed by atoms with Crippen LogP contribution in [0, 0.1) is 5.41 Å². The zero-order valence-electron chi connectivity index (χ0n) is 8.75. The molecule has 3 rings (SSSR count). The molecule has 80 valence electrons. The van der Waals surface area contributed by atoms with E-state index in [-0.39, 0.29) is 0 Å². The Morgan fingerprint density at radius 3 is 2.93 bits per heavy atom. The minimum absolute atomic E-state index is 0.600. The first-order valence-electron chi connectivity index (χ1n) is 5.64. The average Bonchev–Trinajstić information content (AvgIpc) is 2.98. The Morgan fingerprint density at radius 2 is 2.20 bits per heavy atom. The molecule has 0 amide bonds. The highest BCUT2D eigenvalue weighted by molar-refractivity contribution is 6.29. The van der Waals surface area contributed by atoms with Crippen molar-refractivity contribution >= 4 is 17.3 Å². The van der Waals surface area contributed by atoms with Gasteiger partial charge in [0.2, 0.25) is 0 Å². The van der Waals surface area contributed by atoms with Gasteiger partial charge >= 0.3 is 0 Å². The molecule has 0 unspecified atom stereocenters. The van der Waals surface area contributed by atoms with Crippen molar-refractivity contribution in [1.82, 2.24) is 4.98 Å². The Kier molecular flexibility index (Phi) is 2.13. The molecule has 0 atom stereocenters. The van der Waals surface area contributed by atoms with Gasteiger partial charge in [-0.25, -0.2) is 4.98 Å². The summed E-state index contributed by atoms with van der Waals surface area (Å²) in [6.07, 6.45) is 7.37. The Labute approximate surface area is 95.3 Å². The van der Waals surface area contributed by atoms with Gasteiger partial charge in [-0.15, -0.1) is 0 Å². The minimum Gasteiger partial charge on any atom is -0.371 e. The molecule has 2 heterocycles. The number of aromatic nitrogens is 1. The van der Waals surface area contributed by atoms with Crippen LogP contribution in [0.1, 0.15) is 25.7 Å². The third kappa shape index (κ3) is 1.83. The normalized spacial score (nSPS) is 23.1. The molecule has 2 fully saturated rings. The lowest BCUT2D eigenvalue weighted by molar-refractivity contribution is 0.395. The predicted octanol–water partition coefficient (Wildman–Crippen LogP) is 3.12. The summed E-state index contributed by atoms with van der Waals surface area (Å²) >= 11 is 5.91. The molecule has 1 saturated carbocycles. The lowest BCUT2D eigenvalue weighted by Gasteiger charge is -2.34. The number of piperidine rings is 1. The Morgan fingerprint density at radius 1 is 1.33 bits per heavy atom. The molecule has 15 heavy (non-hydrogen) atoms. The van der Waals surface area contributed by atoms with E-state index >= 15 is 0 Å². The Bertz CT molecular complexity index is 374. The molecule has 0 radical (unpaired) electrons. The number of hydrogen-bond acceptors (Lipinski definition) is 2. The summed E-state index contributed by atoms with van der Waals surface area (Å²) in [4.78, 5) is 6.49. The number of hydrogen-bond donors (Lipinski definition) is 0. The van der Waals surface area contributed by atoms with Crippen molar-refractivity contribution < 1.29 is 0 Å². The Balaban J connectivity index is 1.81. The van der Waals surface area contributed by atoms with Gasteiger partial charge in [0.25, 0.3) is 0 Å². The van der Waals surface area contributed by atoms with E-state index in [1.165, 1.54) is 44.5 Å². The van der Waals surface area contributed by atoms with E-state index in [1.807, 2.05) is 6.07 Å². The molecule has 2 aliphatic rings. The van der Waals surface area contributed by atoms with Crippen LogP contribution in [0.4, 0.5) is 5.69 Å². The van der Waals surface area contributed by atoms with E-state index in [4.69, 9.17) is 11.6 Å². The third-order valence-corrected chi connectivity index (χ3v) is 3.90. The molecule has 1 spiro atoms. The zero-order chi connectivity index (χ0) is 10.3. The zero-order valence-corrected chi connectivity index (χ0v) is 9.50. The maximum Gasteiger partial charge on any atom is 0.131 e. The van der Waals surface area contributed by atoms with Gasteiger partial charge < -0.3 is 4.90 Å². The number of anilines is 1. The van der Waals surface area contributed by atoms with Crippen LogP contribution in [0.2, 0.25) is 5.15 Å². The van der Waals surface area contributed by atoms with Crippen molar-refractivity contribution in [3.63, 3.8) is 0 Å². The number of nitrogens with zero attached hydrogens (tertiary/aromatic N) is 2. The highest BCUT2D eigenvalue weighted by atomic mass is 35.5. The molecule has 1 aromatic rings. The van der Waals surface area contributed by atoms with Crippen LogP contribution in [0.5, 0.6) is 0 Å². The molecule has 1 aliphatic heterocycles. The molecule has 1 aliphatic carbocycles. The summed E-state index contributed by atoms with van der Waals surface area (Å²) in [5.41, 5.74) is 1.90. The van der Waals surface area contributed by atoms with Crippen LogP contribution in [0.3, 0.4) is 0 Å². The highest BCUT2D eigenvalue weighted by Crippen LogP contribution is 2.52. The second-order valence-electron chi connectivity index (χ2n) is 4.86. The molecule has 3 heteroatoms. The molecular weight excluding hydrogens is 208 g/mol. The van der Waals surface area contributed by atoms with Crippen LogP contribution < -0.4 is 4.90 Å². The lowest BCUT2D eigenvalue weighted by atomic mass is 9.95. The minimum atomic E-state index is 0.600. The molecule has 1 saturated heterocycles. The van der Waals surface area contributed by atoms with E-state index in [9.17, 15) is 0 Å². The maximum atomic E-state index is 5.91. The van der Waals surface area contributed by atoms with Crippen LogP contribution >= 0.6 is 11.6 Å². The van der Waals surface area contributed by atoms with E-state index in [1.54, 1.807) is 6.20 Å². The van der Waals surface area contributed by atoms with Crippen LogP contribution in [-0.2, 0) is 0 Å². The lowest BCUT2D eigenvalue weighted by Crippen LogP contribution is -2.36. The molecule has 0 bridgehead atoms. The highest BCUT2D eigenvalue weighted by Gasteiger charge is 2.45. The standard InChI is InChI=1S/C12H15ClN2/c13-11-8-10(2-6-14-11)15-7-1-3-12(9-15)4-5-12/h2,6,8H,1,3-5,7,9H2. The summed E-state index contributed by atoms with van der Waals surface area (Å²) in [6, 6.07) is 4.04. The van der Waals surface area contributed by atoms with E-state index in [0.29, 0.717) is 10.6 Å². The van der Waals surface area contributed by atoms with Gasteiger partial charge in [0.05, 0.1) is 0 Å². The van der Waals surface area contributed by atoms with Gasteiger partial charge in [0.15, 0.2) is 0 Å². The van der Waals surface area contributed by atoms with Crippen molar-refractivity contribution in [1.29, 1.82) is 0 Å². The summed E-state index contributed by atoms with van der Waals surface area (Å²) in [5.74, 6) is 0. The fraction of sp³-hybridized carbons (Fsp3) is 0.583. The Hall–Kier alpha value is -0.760. The summed E-state index contributed by atoms with van der Waals surface area (Å²) in [5, 5.41) is 0.600. The fourth-order valence-corrected chi connectivity index (χ4v) is 2.77. The summed E-state index contributed by atoms with van der Waals surface area (Å²) in [7, 11) is 0. The van der Waals surface area contributed by atoms with Crippen LogP contribution in [0.15, 0.2) is 18.3 Å². The molecular formula is C12H15ClN2. The molecule has 0 aromatic carbocycles. The van der Waals surface area contributed by atoms with Gasteiger partial charge in [-0.05, 0) is 43.2 Å². The van der Waals surface area contributed by atoms with Crippen molar-refractivity contribution in [2.45, 2.75) is 25.7 Å². The maximum absolute atomic E-state index is 5.91. The van der Waals surface area contributed by atoms with Gasteiger partial charge in [-0.2, -0.15) is 0 Å². The topological polar surface area (TPSA) is 16.1 Å². The van der Waals surface area contributed by atoms with Crippen LogP contribution in [-0.4, -0.2) is 18.1 Å². The van der Waals surface area contributed by atoms with E-state index < -0.39 is 0 Å². The number of rotatable bonds is 1. The predicted molar refractivity (Wildman–Crippen MR) is 62.4 cm³/mol. The second-order valence-corrected chi connectivity index (χ2v) is 5.25. The first kappa shape index (κ1) is 9.46. The quantitative estimate of drug-likeness (QED) is 0.679. The second kappa shape index (κ2) is 3.38. The van der Waals surface area contributed by atoms with Gasteiger partial charge in [0, 0.05) is 25.0 Å². The van der Waals surface area contributed by atoms with Gasteiger partial charge in [-0.1, -0.05) is 11.6 Å². The molecule has 0 N–H and O–H groups in total. The third-order valence-electron chi connectivity index (χ3n) is 3.69. The monoisotopic (exact) mass is 222 g/mol. The van der Waals surface area contributed by atoms with Crippen molar-refractivity contribution in [2.24, 2.45) is 5.41 Å². The van der Waals surface area contributed by atoms with Crippen molar-refractivity contribution in [3.8, 4) is 0 Å². The largest absolute Gasteiger partial charge is 0.371 e. The first-order chi connectivity index (χ1) is 7.27. The number of halogens is 1. The molecule has 2 nitrogen and oxygen atoms in total. The van der Waals surface area contributed by atoms with E-state index in [0.717, 1.165) is 0 Å². The smallest absolute Gasteiger partial charge is 0.131 e. The van der Waals surface area contributed by atoms with Crippen LogP contribution in [0.25, 0.3) is 0 Å². The first-order valence-corrected chi connectivity index (χ1v) is 6.02. The average molecular weight is 223 g/mol. The van der Waals surface area contributed by atoms with Gasteiger partial charge in [-0.3, -0.25) is 0 Å². The van der Waals surface area contributed by atoms with Crippen molar-refractivity contribution in [3.05, 3.63) is 23.5 Å². The molecule has 1 aromatic heterocycles.